The monoisotopic (exact) mass is 405 g/mol. The molecule has 1 saturated carbocycles. The molecule has 1 amide bonds. The fourth-order valence-corrected chi connectivity index (χ4v) is 4.60. The number of hydrogen-bond acceptors (Lipinski definition) is 4. The third-order valence-electron chi connectivity index (χ3n) is 6.24. The third kappa shape index (κ3) is 3.49. The lowest BCUT2D eigenvalue weighted by Gasteiger charge is -2.31. The molecule has 1 unspecified atom stereocenters. The van der Waals surface area contributed by atoms with Gasteiger partial charge in [0.1, 0.15) is 11.5 Å². The van der Waals surface area contributed by atoms with E-state index in [4.69, 9.17) is 4.74 Å². The maximum absolute atomic E-state index is 13.1. The summed E-state index contributed by atoms with van der Waals surface area (Å²) in [5.41, 5.74) is 2.61. The Morgan fingerprint density at radius 3 is 2.43 bits per heavy atom. The van der Waals surface area contributed by atoms with Crippen LogP contribution in [-0.2, 0) is 16.0 Å². The van der Waals surface area contributed by atoms with Gasteiger partial charge in [0.2, 0.25) is 0 Å². The van der Waals surface area contributed by atoms with E-state index in [0.29, 0.717) is 11.3 Å². The Morgan fingerprint density at radius 1 is 1.10 bits per heavy atom. The van der Waals surface area contributed by atoms with E-state index in [1.807, 2.05) is 36.4 Å². The molecule has 1 N–H and O–H groups in total. The molecule has 2 fully saturated rings. The second kappa shape index (κ2) is 8.34. The van der Waals surface area contributed by atoms with Crippen molar-refractivity contribution in [3.8, 4) is 5.75 Å². The van der Waals surface area contributed by atoms with Crippen LogP contribution in [0.25, 0.3) is 5.76 Å². The molecule has 5 nitrogen and oxygen atoms in total. The van der Waals surface area contributed by atoms with Crippen LogP contribution in [0, 0.1) is 0 Å². The van der Waals surface area contributed by atoms with Crippen molar-refractivity contribution in [1.29, 1.82) is 0 Å². The lowest BCUT2D eigenvalue weighted by atomic mass is 9.94. The molecule has 0 radical (unpaired) electrons. The molecule has 1 saturated heterocycles. The molecule has 1 aliphatic carbocycles. The number of carbonyl (C=O) groups excluding carboxylic acids is 2. The van der Waals surface area contributed by atoms with E-state index in [-0.39, 0.29) is 17.4 Å². The number of Topliss-reactive ketones (excluding diaryl/α,β-unsaturated/α-hetero) is 1. The van der Waals surface area contributed by atoms with E-state index < -0.39 is 17.7 Å². The lowest BCUT2D eigenvalue weighted by molar-refractivity contribution is -0.141. The van der Waals surface area contributed by atoms with Gasteiger partial charge in [0.15, 0.2) is 0 Å². The van der Waals surface area contributed by atoms with Gasteiger partial charge in [0.25, 0.3) is 11.7 Å². The van der Waals surface area contributed by atoms with Crippen molar-refractivity contribution in [2.45, 2.75) is 51.1 Å². The van der Waals surface area contributed by atoms with Crippen LogP contribution in [0.1, 0.15) is 55.3 Å². The topological polar surface area (TPSA) is 66.8 Å². The van der Waals surface area contributed by atoms with Crippen molar-refractivity contribution in [1.82, 2.24) is 4.90 Å². The summed E-state index contributed by atoms with van der Waals surface area (Å²) in [7, 11) is 1.59. The Bertz CT molecular complexity index is 986. The van der Waals surface area contributed by atoms with E-state index in [1.54, 1.807) is 24.1 Å². The molecule has 4 rings (SSSR count). The molecule has 156 valence electrons. The Hall–Kier alpha value is -3.08. The number of methoxy groups -OCH3 is 1. The standard InChI is InChI=1S/C25H27NO4/c1-3-16-11-13-17(14-12-16)23(27)21-22(18-7-6-10-20(15-18)30-2)26(25(29)24(21)28)19-8-4-5-9-19/h6-7,10-15,19,22,27H,3-5,8-9H2,1-2H3/b23-21-. The van der Waals surface area contributed by atoms with Gasteiger partial charge >= 0.3 is 0 Å². The number of nitrogens with zero attached hydrogens (tertiary/aromatic N) is 1. The summed E-state index contributed by atoms with van der Waals surface area (Å²) in [6.45, 7) is 2.06. The van der Waals surface area contributed by atoms with Crippen molar-refractivity contribution in [2.24, 2.45) is 0 Å². The predicted octanol–water partition coefficient (Wildman–Crippen LogP) is 4.62. The van der Waals surface area contributed by atoms with Crippen molar-refractivity contribution in [3.63, 3.8) is 0 Å². The lowest BCUT2D eigenvalue weighted by Crippen LogP contribution is -2.37. The molecular weight excluding hydrogens is 378 g/mol. The second-order valence-corrected chi connectivity index (χ2v) is 7.97. The number of ether oxygens (including phenoxy) is 1. The first-order chi connectivity index (χ1) is 14.5. The van der Waals surface area contributed by atoms with Gasteiger partial charge in [-0.25, -0.2) is 0 Å². The number of rotatable bonds is 5. The summed E-state index contributed by atoms with van der Waals surface area (Å²) >= 11 is 0. The maximum atomic E-state index is 13.1. The van der Waals surface area contributed by atoms with Crippen LogP contribution in [0.5, 0.6) is 5.75 Å². The Balaban J connectivity index is 1.87. The first-order valence-corrected chi connectivity index (χ1v) is 10.6. The number of aryl methyl sites for hydroxylation is 1. The normalized spacial score (nSPS) is 21.4. The minimum atomic E-state index is -0.619. The number of likely N-dealkylation sites (tertiary alicyclic amines) is 1. The smallest absolute Gasteiger partial charge is 0.295 e. The van der Waals surface area contributed by atoms with E-state index >= 15 is 0 Å². The summed E-state index contributed by atoms with van der Waals surface area (Å²) in [5.74, 6) is -0.616. The number of benzene rings is 2. The molecule has 0 aromatic heterocycles. The number of aliphatic hydroxyl groups is 1. The highest BCUT2D eigenvalue weighted by Crippen LogP contribution is 2.44. The first-order valence-electron chi connectivity index (χ1n) is 10.6. The molecule has 1 heterocycles. The molecule has 30 heavy (non-hydrogen) atoms. The zero-order valence-electron chi connectivity index (χ0n) is 17.4. The second-order valence-electron chi connectivity index (χ2n) is 7.97. The van der Waals surface area contributed by atoms with Gasteiger partial charge in [-0.3, -0.25) is 9.59 Å². The average Bonchev–Trinajstić information content (AvgIpc) is 3.40. The fourth-order valence-electron chi connectivity index (χ4n) is 4.60. The van der Waals surface area contributed by atoms with E-state index in [0.717, 1.165) is 43.2 Å². The molecule has 2 aliphatic rings. The summed E-state index contributed by atoms with van der Waals surface area (Å²) < 4.78 is 5.37. The highest BCUT2D eigenvalue weighted by atomic mass is 16.5. The third-order valence-corrected chi connectivity index (χ3v) is 6.24. The number of aliphatic hydroxyl groups excluding tert-OH is 1. The van der Waals surface area contributed by atoms with Crippen molar-refractivity contribution >= 4 is 17.4 Å². The highest BCUT2D eigenvalue weighted by molar-refractivity contribution is 6.46. The van der Waals surface area contributed by atoms with Gasteiger partial charge in [-0.05, 0) is 42.5 Å². The van der Waals surface area contributed by atoms with Gasteiger partial charge in [-0.1, -0.05) is 56.2 Å². The number of ketones is 1. The van der Waals surface area contributed by atoms with Crippen LogP contribution in [0.15, 0.2) is 54.1 Å². The molecule has 0 bridgehead atoms. The molecule has 2 aromatic carbocycles. The summed E-state index contributed by atoms with van der Waals surface area (Å²) in [6, 6.07) is 14.3. The Labute approximate surface area is 177 Å². The zero-order valence-corrected chi connectivity index (χ0v) is 17.4. The number of amides is 1. The highest BCUT2D eigenvalue weighted by Gasteiger charge is 2.49. The largest absolute Gasteiger partial charge is 0.507 e. The minimum Gasteiger partial charge on any atom is -0.507 e. The molecular formula is C25H27NO4. The van der Waals surface area contributed by atoms with Crippen LogP contribution in [0.3, 0.4) is 0 Å². The van der Waals surface area contributed by atoms with E-state index in [2.05, 4.69) is 6.92 Å². The quantitative estimate of drug-likeness (QED) is 0.448. The van der Waals surface area contributed by atoms with Gasteiger partial charge in [0, 0.05) is 11.6 Å². The van der Waals surface area contributed by atoms with E-state index in [1.165, 1.54) is 0 Å². The van der Waals surface area contributed by atoms with Gasteiger partial charge < -0.3 is 14.7 Å². The molecule has 2 aromatic rings. The fraction of sp³-hybridized carbons (Fsp3) is 0.360. The van der Waals surface area contributed by atoms with Crippen molar-refractivity contribution in [2.75, 3.05) is 7.11 Å². The van der Waals surface area contributed by atoms with Crippen LogP contribution in [0.2, 0.25) is 0 Å². The SMILES string of the molecule is CCc1ccc(/C(O)=C2/C(=O)C(=O)N(C3CCCC3)C2c2cccc(OC)c2)cc1. The first kappa shape index (κ1) is 20.2. The van der Waals surface area contributed by atoms with Gasteiger partial charge in [0.05, 0.1) is 18.7 Å². The van der Waals surface area contributed by atoms with Crippen LogP contribution >= 0.6 is 0 Å². The van der Waals surface area contributed by atoms with E-state index in [9.17, 15) is 14.7 Å². The molecule has 1 aliphatic heterocycles. The minimum absolute atomic E-state index is 0.00502. The summed E-state index contributed by atoms with van der Waals surface area (Å²) in [5, 5.41) is 11.1. The molecule has 0 spiro atoms. The maximum Gasteiger partial charge on any atom is 0.295 e. The predicted molar refractivity (Wildman–Crippen MR) is 115 cm³/mol. The van der Waals surface area contributed by atoms with Gasteiger partial charge in [-0.15, -0.1) is 0 Å². The number of carbonyl (C=O) groups is 2. The van der Waals surface area contributed by atoms with Crippen molar-refractivity contribution in [3.05, 3.63) is 70.8 Å². The Kier molecular flexibility index (Phi) is 5.62. The molecule has 1 atom stereocenters. The molecule has 5 heteroatoms. The van der Waals surface area contributed by atoms with Crippen molar-refractivity contribution < 1.29 is 19.4 Å². The van der Waals surface area contributed by atoms with Gasteiger partial charge in [-0.2, -0.15) is 0 Å². The zero-order chi connectivity index (χ0) is 21.3. The Morgan fingerprint density at radius 2 is 1.80 bits per heavy atom. The van der Waals surface area contributed by atoms with Crippen LogP contribution in [0.4, 0.5) is 0 Å². The number of hydrogen-bond donors (Lipinski definition) is 1. The average molecular weight is 405 g/mol. The van der Waals surface area contributed by atoms with Crippen LogP contribution in [-0.4, -0.2) is 34.8 Å². The summed E-state index contributed by atoms with van der Waals surface area (Å²) in [6.07, 6.45) is 4.71. The van der Waals surface area contributed by atoms with Crippen LogP contribution < -0.4 is 4.74 Å². The summed E-state index contributed by atoms with van der Waals surface area (Å²) in [4.78, 5) is 27.9.